The number of nitro groups is 1. The van der Waals surface area contributed by atoms with Crippen LogP contribution in [0.25, 0.3) is 0 Å². The Hall–Kier alpha value is -2.76. The van der Waals surface area contributed by atoms with Crippen LogP contribution in [0.2, 0.25) is 0 Å². The largest absolute Gasteiger partial charge is 0.485 e. The minimum Gasteiger partial charge on any atom is -0.485 e. The fourth-order valence-corrected chi connectivity index (χ4v) is 1.69. The molecule has 0 bridgehead atoms. The number of hydrogen-bond donors (Lipinski definition) is 0. The fraction of sp³-hybridized carbons (Fsp3) is 0.0714. The maximum absolute atomic E-state index is 13.6. The van der Waals surface area contributed by atoms with Crippen LogP contribution >= 0.6 is 0 Å². The second-order valence-corrected chi connectivity index (χ2v) is 3.99. The Bertz CT molecular complexity index is 657. The molecule has 2 aromatic rings. The van der Waals surface area contributed by atoms with Gasteiger partial charge in [-0.25, -0.2) is 4.39 Å². The molecule has 0 radical (unpaired) electrons. The molecule has 2 aromatic carbocycles. The maximum atomic E-state index is 13.6. The van der Waals surface area contributed by atoms with Gasteiger partial charge in [-0.3, -0.25) is 14.9 Å². The summed E-state index contributed by atoms with van der Waals surface area (Å²) in [6.07, 6.45) is 0.492. The van der Waals surface area contributed by atoms with E-state index in [9.17, 15) is 19.3 Å². The van der Waals surface area contributed by atoms with Crippen LogP contribution in [0.15, 0.2) is 42.5 Å². The third-order valence-corrected chi connectivity index (χ3v) is 2.63. The Labute approximate surface area is 113 Å². The topological polar surface area (TPSA) is 69.4 Å². The predicted octanol–water partition coefficient (Wildman–Crippen LogP) is 3.13. The molecule has 0 aliphatic heterocycles. The van der Waals surface area contributed by atoms with Crippen molar-refractivity contribution in [1.29, 1.82) is 0 Å². The molecule has 0 heterocycles. The van der Waals surface area contributed by atoms with Gasteiger partial charge in [-0.05, 0) is 17.7 Å². The Balaban J connectivity index is 2.19. The van der Waals surface area contributed by atoms with Gasteiger partial charge in [-0.2, -0.15) is 0 Å². The van der Waals surface area contributed by atoms with E-state index >= 15 is 0 Å². The van der Waals surface area contributed by atoms with Crippen molar-refractivity contribution in [3.05, 3.63) is 69.5 Å². The lowest BCUT2D eigenvalue weighted by molar-refractivity contribution is -0.384. The number of halogens is 1. The van der Waals surface area contributed by atoms with Crippen LogP contribution in [-0.4, -0.2) is 11.2 Å². The Morgan fingerprint density at radius 3 is 2.70 bits per heavy atom. The van der Waals surface area contributed by atoms with Gasteiger partial charge in [-0.1, -0.05) is 18.2 Å². The Morgan fingerprint density at radius 2 is 2.00 bits per heavy atom. The van der Waals surface area contributed by atoms with Crippen LogP contribution in [-0.2, 0) is 6.61 Å². The van der Waals surface area contributed by atoms with E-state index in [-0.39, 0.29) is 23.6 Å². The fourth-order valence-electron chi connectivity index (χ4n) is 1.69. The molecule has 0 N–H and O–H groups in total. The highest BCUT2D eigenvalue weighted by atomic mass is 19.1. The van der Waals surface area contributed by atoms with Gasteiger partial charge in [-0.15, -0.1) is 0 Å². The highest BCUT2D eigenvalue weighted by Gasteiger charge is 2.11. The molecular weight excluding hydrogens is 265 g/mol. The Morgan fingerprint density at radius 1 is 1.25 bits per heavy atom. The van der Waals surface area contributed by atoms with Crippen molar-refractivity contribution in [2.75, 3.05) is 0 Å². The normalized spacial score (nSPS) is 10.1. The third-order valence-electron chi connectivity index (χ3n) is 2.63. The quantitative estimate of drug-likeness (QED) is 0.477. The smallest absolute Gasteiger partial charge is 0.269 e. The standard InChI is InChI=1S/C14H10FNO4/c15-13-6-2-4-11(8-17)14(13)20-9-10-3-1-5-12(7-10)16(18)19/h1-8H,9H2. The van der Waals surface area contributed by atoms with E-state index in [1.165, 1.54) is 36.4 Å². The van der Waals surface area contributed by atoms with Crippen molar-refractivity contribution in [3.8, 4) is 5.75 Å². The van der Waals surface area contributed by atoms with E-state index in [4.69, 9.17) is 4.74 Å². The molecule has 0 fully saturated rings. The second kappa shape index (κ2) is 5.92. The number of carbonyl (C=O) groups is 1. The number of aldehydes is 1. The van der Waals surface area contributed by atoms with Gasteiger partial charge in [0.25, 0.3) is 5.69 Å². The number of nitrogens with zero attached hydrogens (tertiary/aromatic N) is 1. The number of carbonyl (C=O) groups excluding carboxylic acids is 1. The first kappa shape index (κ1) is 13.7. The van der Waals surface area contributed by atoms with Crippen molar-refractivity contribution in [1.82, 2.24) is 0 Å². The third kappa shape index (κ3) is 2.97. The summed E-state index contributed by atoms with van der Waals surface area (Å²) >= 11 is 0. The average Bonchev–Trinajstić information content (AvgIpc) is 2.46. The molecular formula is C14H10FNO4. The van der Waals surface area contributed by atoms with Gasteiger partial charge in [0.05, 0.1) is 10.5 Å². The molecule has 0 aromatic heterocycles. The molecule has 2 rings (SSSR count). The van der Waals surface area contributed by atoms with E-state index in [2.05, 4.69) is 0 Å². The van der Waals surface area contributed by atoms with Crippen LogP contribution in [0.5, 0.6) is 5.75 Å². The first-order valence-corrected chi connectivity index (χ1v) is 5.71. The van der Waals surface area contributed by atoms with Crippen LogP contribution in [0, 0.1) is 15.9 Å². The summed E-state index contributed by atoms with van der Waals surface area (Å²) in [6, 6.07) is 9.83. The first-order chi connectivity index (χ1) is 9.61. The molecule has 0 atom stereocenters. The van der Waals surface area contributed by atoms with Gasteiger partial charge in [0, 0.05) is 12.1 Å². The van der Waals surface area contributed by atoms with Crippen LogP contribution in [0.4, 0.5) is 10.1 Å². The van der Waals surface area contributed by atoms with E-state index in [1.54, 1.807) is 6.07 Å². The summed E-state index contributed by atoms with van der Waals surface area (Å²) < 4.78 is 18.8. The average molecular weight is 275 g/mol. The van der Waals surface area contributed by atoms with E-state index in [1.807, 2.05) is 0 Å². The lowest BCUT2D eigenvalue weighted by Crippen LogP contribution is -2.01. The monoisotopic (exact) mass is 275 g/mol. The summed E-state index contributed by atoms with van der Waals surface area (Å²) in [5.41, 5.74) is 0.532. The number of non-ortho nitro benzene ring substituents is 1. The predicted molar refractivity (Wildman–Crippen MR) is 69.2 cm³/mol. The molecule has 0 saturated carbocycles. The highest BCUT2D eigenvalue weighted by molar-refractivity contribution is 5.79. The molecule has 5 nitrogen and oxygen atoms in total. The van der Waals surface area contributed by atoms with Gasteiger partial charge >= 0.3 is 0 Å². The van der Waals surface area contributed by atoms with Gasteiger partial charge < -0.3 is 4.74 Å². The van der Waals surface area contributed by atoms with E-state index < -0.39 is 10.7 Å². The van der Waals surface area contributed by atoms with Crippen molar-refractivity contribution >= 4 is 12.0 Å². The summed E-state index contributed by atoms with van der Waals surface area (Å²) in [6.45, 7) is -0.0660. The molecule has 102 valence electrons. The summed E-state index contributed by atoms with van der Waals surface area (Å²) in [7, 11) is 0. The van der Waals surface area contributed by atoms with Crippen LogP contribution in [0.1, 0.15) is 15.9 Å². The zero-order valence-corrected chi connectivity index (χ0v) is 10.3. The number of hydrogen-bond acceptors (Lipinski definition) is 4. The van der Waals surface area contributed by atoms with E-state index in [0.717, 1.165) is 0 Å². The number of para-hydroxylation sites is 1. The molecule has 0 saturated heterocycles. The van der Waals surface area contributed by atoms with Crippen LogP contribution < -0.4 is 4.74 Å². The first-order valence-electron chi connectivity index (χ1n) is 5.71. The zero-order chi connectivity index (χ0) is 14.5. The SMILES string of the molecule is O=Cc1cccc(F)c1OCc1cccc([N+](=O)[O-])c1. The minimum absolute atomic E-state index is 0.0660. The van der Waals surface area contributed by atoms with E-state index in [0.29, 0.717) is 11.8 Å². The number of rotatable bonds is 5. The molecule has 0 aliphatic carbocycles. The lowest BCUT2D eigenvalue weighted by Gasteiger charge is -2.09. The van der Waals surface area contributed by atoms with Crippen molar-refractivity contribution in [3.63, 3.8) is 0 Å². The zero-order valence-electron chi connectivity index (χ0n) is 10.3. The summed E-state index contributed by atoms with van der Waals surface area (Å²) in [4.78, 5) is 20.9. The molecule has 0 amide bonds. The molecule has 0 unspecified atom stereocenters. The maximum Gasteiger partial charge on any atom is 0.269 e. The van der Waals surface area contributed by atoms with Crippen molar-refractivity contribution < 1.29 is 18.8 Å². The molecule has 6 heteroatoms. The molecule has 0 aliphatic rings. The molecule has 0 spiro atoms. The van der Waals surface area contributed by atoms with Gasteiger partial charge in [0.1, 0.15) is 6.61 Å². The van der Waals surface area contributed by atoms with Crippen molar-refractivity contribution in [2.24, 2.45) is 0 Å². The minimum atomic E-state index is -0.653. The number of ether oxygens (including phenoxy) is 1. The van der Waals surface area contributed by atoms with Gasteiger partial charge in [0.2, 0.25) is 0 Å². The summed E-state index contributed by atoms with van der Waals surface area (Å²) in [5, 5.41) is 10.6. The number of nitro benzene ring substituents is 1. The Kier molecular flexibility index (Phi) is 4.05. The van der Waals surface area contributed by atoms with Crippen LogP contribution in [0.3, 0.4) is 0 Å². The van der Waals surface area contributed by atoms with Crippen molar-refractivity contribution in [2.45, 2.75) is 6.61 Å². The van der Waals surface area contributed by atoms with Gasteiger partial charge in [0.15, 0.2) is 17.9 Å². The summed E-state index contributed by atoms with van der Waals surface area (Å²) in [5.74, 6) is -0.811. The number of benzene rings is 2. The second-order valence-electron chi connectivity index (χ2n) is 3.99. The molecule has 20 heavy (non-hydrogen) atoms. The lowest BCUT2D eigenvalue weighted by atomic mass is 10.2. The highest BCUT2D eigenvalue weighted by Crippen LogP contribution is 2.23.